The number of para-hydroxylation sites is 1. The highest BCUT2D eigenvalue weighted by molar-refractivity contribution is 5.95. The topological polar surface area (TPSA) is 105 Å². The standard InChI is InChI=1S/C24H22N2O6/c1-15(27)20-12-17(32-16(20)2)9-10-23(28)31-14-22-25-21-8-4-3-7-19(21)24(29)26(22)13-18-6-5-11-30-18/h3-8,11-12H,9-10,13-14H2,1-2H3. The van der Waals surface area contributed by atoms with Gasteiger partial charge in [0, 0.05) is 6.42 Å². The zero-order valence-corrected chi connectivity index (χ0v) is 17.8. The molecule has 0 amide bonds. The first kappa shape index (κ1) is 21.3. The molecule has 4 rings (SSSR count). The van der Waals surface area contributed by atoms with Gasteiger partial charge in [-0.15, -0.1) is 0 Å². The number of rotatable bonds is 8. The molecule has 0 aliphatic heterocycles. The van der Waals surface area contributed by atoms with Crippen molar-refractivity contribution in [3.05, 3.63) is 87.8 Å². The third kappa shape index (κ3) is 4.54. The first-order chi connectivity index (χ1) is 15.4. The average Bonchev–Trinajstić information content (AvgIpc) is 3.42. The van der Waals surface area contributed by atoms with E-state index in [0.29, 0.717) is 46.0 Å². The van der Waals surface area contributed by atoms with Crippen molar-refractivity contribution < 1.29 is 23.2 Å². The summed E-state index contributed by atoms with van der Waals surface area (Å²) in [5.41, 5.74) is 0.804. The summed E-state index contributed by atoms with van der Waals surface area (Å²) < 4.78 is 17.8. The van der Waals surface area contributed by atoms with E-state index in [1.807, 2.05) is 0 Å². The minimum atomic E-state index is -0.463. The second-order valence-corrected chi connectivity index (χ2v) is 7.42. The summed E-state index contributed by atoms with van der Waals surface area (Å²) in [7, 11) is 0. The molecule has 0 unspecified atom stereocenters. The number of benzene rings is 1. The molecule has 4 aromatic rings. The summed E-state index contributed by atoms with van der Waals surface area (Å²) in [6.07, 6.45) is 1.90. The number of ether oxygens (including phenoxy) is 1. The van der Waals surface area contributed by atoms with Crippen molar-refractivity contribution in [1.82, 2.24) is 9.55 Å². The minimum Gasteiger partial charge on any atom is -0.467 e. The highest BCUT2D eigenvalue weighted by atomic mass is 16.5. The summed E-state index contributed by atoms with van der Waals surface area (Å²) in [4.78, 5) is 41.4. The molecule has 8 nitrogen and oxygen atoms in total. The van der Waals surface area contributed by atoms with E-state index < -0.39 is 5.97 Å². The molecule has 0 bridgehead atoms. The van der Waals surface area contributed by atoms with Crippen LogP contribution in [-0.2, 0) is 29.1 Å². The van der Waals surface area contributed by atoms with Crippen LogP contribution in [0.1, 0.15) is 46.8 Å². The van der Waals surface area contributed by atoms with Crippen LogP contribution in [0.25, 0.3) is 10.9 Å². The molecule has 0 aliphatic carbocycles. The molecule has 0 spiro atoms. The van der Waals surface area contributed by atoms with Crippen LogP contribution in [0.3, 0.4) is 0 Å². The number of carbonyl (C=O) groups excluding carboxylic acids is 2. The highest BCUT2D eigenvalue weighted by Gasteiger charge is 2.16. The van der Waals surface area contributed by atoms with Crippen LogP contribution in [-0.4, -0.2) is 21.3 Å². The van der Waals surface area contributed by atoms with Crippen LogP contribution in [0.2, 0.25) is 0 Å². The van der Waals surface area contributed by atoms with Crippen molar-refractivity contribution in [3.8, 4) is 0 Å². The third-order valence-electron chi connectivity index (χ3n) is 5.12. The van der Waals surface area contributed by atoms with Crippen molar-refractivity contribution in [3.63, 3.8) is 0 Å². The SMILES string of the molecule is CC(=O)c1cc(CCC(=O)OCc2nc3ccccc3c(=O)n2Cc2ccco2)oc1C. The lowest BCUT2D eigenvalue weighted by atomic mass is 10.1. The van der Waals surface area contributed by atoms with E-state index in [1.165, 1.54) is 17.8 Å². The van der Waals surface area contributed by atoms with Crippen molar-refractivity contribution in [2.75, 3.05) is 0 Å². The Bertz CT molecular complexity index is 1330. The van der Waals surface area contributed by atoms with Crippen LogP contribution < -0.4 is 5.56 Å². The third-order valence-corrected chi connectivity index (χ3v) is 5.12. The lowest BCUT2D eigenvalue weighted by Gasteiger charge is -2.13. The molecule has 164 valence electrons. The second-order valence-electron chi connectivity index (χ2n) is 7.42. The van der Waals surface area contributed by atoms with Crippen molar-refractivity contribution in [2.45, 2.75) is 39.8 Å². The number of ketones is 1. The van der Waals surface area contributed by atoms with E-state index in [-0.39, 0.29) is 30.9 Å². The van der Waals surface area contributed by atoms with Gasteiger partial charge < -0.3 is 13.6 Å². The number of aromatic nitrogens is 2. The van der Waals surface area contributed by atoms with E-state index >= 15 is 0 Å². The number of hydrogen-bond donors (Lipinski definition) is 0. The molecule has 0 saturated heterocycles. The normalized spacial score (nSPS) is 11.1. The Morgan fingerprint density at radius 3 is 2.66 bits per heavy atom. The summed E-state index contributed by atoms with van der Waals surface area (Å²) in [6.45, 7) is 3.20. The summed E-state index contributed by atoms with van der Waals surface area (Å²) in [5, 5.41) is 0.476. The molecule has 1 aromatic carbocycles. The molecule has 0 saturated carbocycles. The summed E-state index contributed by atoms with van der Waals surface area (Å²) >= 11 is 0. The Labute approximate surface area is 183 Å². The molecular formula is C24H22N2O6. The van der Waals surface area contributed by atoms with Crippen LogP contribution in [0.15, 0.2) is 62.4 Å². The van der Waals surface area contributed by atoms with Crippen molar-refractivity contribution >= 4 is 22.7 Å². The largest absolute Gasteiger partial charge is 0.467 e. The molecule has 0 fully saturated rings. The predicted octanol–water partition coefficient (Wildman–Crippen LogP) is 3.82. The lowest BCUT2D eigenvalue weighted by molar-refractivity contribution is -0.145. The van der Waals surface area contributed by atoms with Gasteiger partial charge in [-0.2, -0.15) is 0 Å². The number of hydrogen-bond acceptors (Lipinski definition) is 7. The van der Waals surface area contributed by atoms with Gasteiger partial charge in [0.1, 0.15) is 23.9 Å². The number of fused-ring (bicyclic) bond motifs is 1. The molecule has 0 N–H and O–H groups in total. The number of aryl methyl sites for hydroxylation is 2. The number of furan rings is 2. The van der Waals surface area contributed by atoms with Crippen molar-refractivity contribution in [2.24, 2.45) is 0 Å². The van der Waals surface area contributed by atoms with Crippen LogP contribution >= 0.6 is 0 Å². The minimum absolute atomic E-state index is 0.0697. The number of carbonyl (C=O) groups is 2. The quantitative estimate of drug-likeness (QED) is 0.307. The molecule has 0 radical (unpaired) electrons. The van der Waals surface area contributed by atoms with Gasteiger partial charge in [-0.25, -0.2) is 4.98 Å². The van der Waals surface area contributed by atoms with E-state index in [2.05, 4.69) is 4.98 Å². The van der Waals surface area contributed by atoms with E-state index in [9.17, 15) is 14.4 Å². The maximum absolute atomic E-state index is 13.0. The van der Waals surface area contributed by atoms with Gasteiger partial charge in [0.25, 0.3) is 5.56 Å². The maximum atomic E-state index is 13.0. The fourth-order valence-corrected chi connectivity index (χ4v) is 3.50. The average molecular weight is 434 g/mol. The Balaban J connectivity index is 1.49. The monoisotopic (exact) mass is 434 g/mol. The van der Waals surface area contributed by atoms with Crippen LogP contribution in [0.4, 0.5) is 0 Å². The van der Waals surface area contributed by atoms with Crippen LogP contribution in [0.5, 0.6) is 0 Å². The molecule has 32 heavy (non-hydrogen) atoms. The van der Waals surface area contributed by atoms with E-state index in [0.717, 1.165) is 0 Å². The fraction of sp³-hybridized carbons (Fsp3) is 0.250. The van der Waals surface area contributed by atoms with Gasteiger partial charge in [0.2, 0.25) is 0 Å². The second kappa shape index (κ2) is 9.05. The maximum Gasteiger partial charge on any atom is 0.306 e. The molecular weight excluding hydrogens is 412 g/mol. The van der Waals surface area contributed by atoms with Gasteiger partial charge in [-0.05, 0) is 44.2 Å². The zero-order chi connectivity index (χ0) is 22.7. The van der Waals surface area contributed by atoms with Gasteiger partial charge in [0.15, 0.2) is 11.6 Å². The lowest BCUT2D eigenvalue weighted by Crippen LogP contribution is -2.26. The van der Waals surface area contributed by atoms with E-state index in [1.54, 1.807) is 49.4 Å². The summed E-state index contributed by atoms with van der Waals surface area (Å²) in [6, 6.07) is 12.2. The van der Waals surface area contributed by atoms with Gasteiger partial charge in [0.05, 0.1) is 35.7 Å². The first-order valence-corrected chi connectivity index (χ1v) is 10.2. The number of esters is 1. The molecule has 0 atom stereocenters. The predicted molar refractivity (Wildman–Crippen MR) is 115 cm³/mol. The Kier molecular flexibility index (Phi) is 6.02. The Morgan fingerprint density at radius 2 is 1.94 bits per heavy atom. The zero-order valence-electron chi connectivity index (χ0n) is 17.8. The van der Waals surface area contributed by atoms with Gasteiger partial charge in [-0.1, -0.05) is 12.1 Å². The Hall–Kier alpha value is -3.94. The number of nitrogens with zero attached hydrogens (tertiary/aromatic N) is 2. The number of Topliss-reactive ketones (excluding diaryl/α,β-unsaturated/α-hetero) is 1. The smallest absolute Gasteiger partial charge is 0.306 e. The highest BCUT2D eigenvalue weighted by Crippen LogP contribution is 2.17. The molecule has 3 aromatic heterocycles. The van der Waals surface area contributed by atoms with Gasteiger partial charge in [-0.3, -0.25) is 19.0 Å². The van der Waals surface area contributed by atoms with E-state index in [4.69, 9.17) is 13.6 Å². The van der Waals surface area contributed by atoms with Crippen molar-refractivity contribution in [1.29, 1.82) is 0 Å². The summed E-state index contributed by atoms with van der Waals surface area (Å²) in [5.74, 6) is 1.44. The van der Waals surface area contributed by atoms with Crippen LogP contribution in [0, 0.1) is 6.92 Å². The molecule has 8 heteroatoms. The molecule has 3 heterocycles. The Morgan fingerprint density at radius 1 is 1.12 bits per heavy atom. The molecule has 0 aliphatic rings. The van der Waals surface area contributed by atoms with Gasteiger partial charge >= 0.3 is 5.97 Å². The fourth-order valence-electron chi connectivity index (χ4n) is 3.50. The first-order valence-electron chi connectivity index (χ1n) is 10.2.